The van der Waals surface area contributed by atoms with Crippen LogP contribution in [0.3, 0.4) is 0 Å². The van der Waals surface area contributed by atoms with Crippen LogP contribution in [0.1, 0.15) is 24.2 Å². The van der Waals surface area contributed by atoms with Gasteiger partial charge in [0.1, 0.15) is 28.5 Å². The smallest absolute Gasteiger partial charge is 0.340 e. The summed E-state index contributed by atoms with van der Waals surface area (Å²) in [6.45, 7) is 3.70. The molecule has 9 heteroatoms. The molecule has 0 radical (unpaired) electrons. The normalized spacial score (nSPS) is 11.3. The van der Waals surface area contributed by atoms with Crippen molar-refractivity contribution in [1.29, 1.82) is 0 Å². The number of fused-ring (bicyclic) bond motifs is 1. The Kier molecular flexibility index (Phi) is 4.26. The van der Waals surface area contributed by atoms with Gasteiger partial charge in [0.2, 0.25) is 5.82 Å². The molecule has 0 amide bonds. The van der Waals surface area contributed by atoms with Gasteiger partial charge in [-0.15, -0.1) is 10.2 Å². The molecule has 0 unspecified atom stereocenters. The average Bonchev–Trinajstić information content (AvgIpc) is 3.28. The van der Waals surface area contributed by atoms with E-state index in [0.717, 1.165) is 0 Å². The summed E-state index contributed by atoms with van der Waals surface area (Å²) >= 11 is 0. The van der Waals surface area contributed by atoms with Crippen LogP contribution < -0.4 is 4.74 Å². The van der Waals surface area contributed by atoms with Crippen LogP contribution >= 0.6 is 0 Å². The summed E-state index contributed by atoms with van der Waals surface area (Å²) in [5.74, 6) is -0.778. The summed E-state index contributed by atoms with van der Waals surface area (Å²) in [4.78, 5) is 12.0. The van der Waals surface area contributed by atoms with Crippen molar-refractivity contribution >= 4 is 16.9 Å². The number of hydrogen-bond donors (Lipinski definition) is 2. The van der Waals surface area contributed by atoms with E-state index in [4.69, 9.17) is 9.15 Å². The number of tetrazole rings is 1. The van der Waals surface area contributed by atoms with Gasteiger partial charge in [-0.1, -0.05) is 0 Å². The maximum atomic E-state index is 13.3. The van der Waals surface area contributed by atoms with E-state index in [0.29, 0.717) is 27.8 Å². The topological polar surface area (TPSA) is 114 Å². The van der Waals surface area contributed by atoms with E-state index in [-0.39, 0.29) is 23.3 Å². The van der Waals surface area contributed by atoms with Crippen LogP contribution in [0.25, 0.3) is 33.7 Å². The second-order valence-electron chi connectivity index (χ2n) is 6.36. The molecule has 8 nitrogen and oxygen atoms in total. The minimum atomic E-state index is -1.17. The third kappa shape index (κ3) is 3.07. The Balaban J connectivity index is 1.99. The lowest BCUT2D eigenvalue weighted by atomic mass is 10.0. The predicted octanol–water partition coefficient (Wildman–Crippen LogP) is 3.90. The number of nitrogens with zero attached hydrogens (tertiary/aromatic N) is 3. The zero-order valence-electron chi connectivity index (χ0n) is 14.9. The predicted molar refractivity (Wildman–Crippen MR) is 97.5 cm³/mol. The van der Waals surface area contributed by atoms with Gasteiger partial charge in [-0.3, -0.25) is 0 Å². The first kappa shape index (κ1) is 17.7. The molecule has 28 heavy (non-hydrogen) atoms. The highest BCUT2D eigenvalue weighted by molar-refractivity contribution is 6.09. The summed E-state index contributed by atoms with van der Waals surface area (Å²) in [5.41, 5.74) is 1.23. The number of ether oxygens (including phenoxy) is 1. The number of nitrogens with one attached hydrogen (secondary N) is 1. The lowest BCUT2D eigenvalue weighted by Gasteiger charge is -2.12. The lowest BCUT2D eigenvalue weighted by Crippen LogP contribution is -2.07. The van der Waals surface area contributed by atoms with Crippen molar-refractivity contribution in [3.63, 3.8) is 0 Å². The first-order chi connectivity index (χ1) is 13.4. The summed E-state index contributed by atoms with van der Waals surface area (Å²) in [5, 5.41) is 24.0. The molecule has 0 atom stereocenters. The summed E-state index contributed by atoms with van der Waals surface area (Å²) in [6.07, 6.45) is -0.167. The molecule has 0 saturated carbocycles. The standard InChI is InChI=1S/C19H15FN4O4/c1-9(2)27-15-7-12-14(8-13(15)18-21-23-24-22-18)28-17(16(12)19(25)26)10-3-5-11(20)6-4-10/h3-9H,1-2H3,(H,25,26)(H,21,22,23,24). The Morgan fingerprint density at radius 1 is 1.25 bits per heavy atom. The Morgan fingerprint density at radius 2 is 2.00 bits per heavy atom. The van der Waals surface area contributed by atoms with Crippen LogP contribution in [-0.4, -0.2) is 37.8 Å². The van der Waals surface area contributed by atoms with Crippen molar-refractivity contribution in [1.82, 2.24) is 20.6 Å². The number of H-pyrrole nitrogens is 1. The number of benzene rings is 2. The summed E-state index contributed by atoms with van der Waals surface area (Å²) < 4.78 is 24.9. The van der Waals surface area contributed by atoms with Gasteiger partial charge >= 0.3 is 5.97 Å². The number of aromatic carboxylic acids is 1. The number of carboxylic acid groups (broad SMARTS) is 1. The van der Waals surface area contributed by atoms with Gasteiger partial charge in [-0.05, 0) is 55.5 Å². The number of carboxylic acids is 1. The molecular weight excluding hydrogens is 367 g/mol. The Labute approximate surface area is 157 Å². The number of aromatic amines is 1. The van der Waals surface area contributed by atoms with Crippen LogP contribution in [0.4, 0.5) is 4.39 Å². The molecule has 0 aliphatic rings. The lowest BCUT2D eigenvalue weighted by molar-refractivity contribution is 0.0699. The Hall–Kier alpha value is -3.75. The molecule has 0 aliphatic heterocycles. The average molecular weight is 382 g/mol. The second-order valence-corrected chi connectivity index (χ2v) is 6.36. The highest BCUT2D eigenvalue weighted by Crippen LogP contribution is 2.40. The van der Waals surface area contributed by atoms with Crippen LogP contribution in [0.5, 0.6) is 5.75 Å². The third-order valence-corrected chi connectivity index (χ3v) is 4.06. The highest BCUT2D eigenvalue weighted by Gasteiger charge is 2.25. The largest absolute Gasteiger partial charge is 0.490 e. The summed E-state index contributed by atoms with van der Waals surface area (Å²) in [6, 6.07) is 8.60. The van der Waals surface area contributed by atoms with Gasteiger partial charge in [0.25, 0.3) is 0 Å². The van der Waals surface area contributed by atoms with Crippen molar-refractivity contribution in [2.24, 2.45) is 0 Å². The van der Waals surface area contributed by atoms with Crippen LogP contribution in [0, 0.1) is 5.82 Å². The van der Waals surface area contributed by atoms with E-state index in [9.17, 15) is 14.3 Å². The number of hydrogen-bond acceptors (Lipinski definition) is 6. The van der Waals surface area contributed by atoms with Crippen molar-refractivity contribution in [2.75, 3.05) is 0 Å². The van der Waals surface area contributed by atoms with Gasteiger partial charge in [0, 0.05) is 10.9 Å². The van der Waals surface area contributed by atoms with Gasteiger partial charge in [0.15, 0.2) is 0 Å². The maximum Gasteiger partial charge on any atom is 0.340 e. The maximum absolute atomic E-state index is 13.3. The fourth-order valence-corrected chi connectivity index (χ4v) is 2.94. The van der Waals surface area contributed by atoms with Crippen molar-refractivity contribution in [3.8, 4) is 28.5 Å². The zero-order valence-corrected chi connectivity index (χ0v) is 14.9. The fourth-order valence-electron chi connectivity index (χ4n) is 2.94. The third-order valence-electron chi connectivity index (χ3n) is 4.06. The number of rotatable bonds is 5. The van der Waals surface area contributed by atoms with Gasteiger partial charge in [-0.2, -0.15) is 5.21 Å². The van der Waals surface area contributed by atoms with Crippen molar-refractivity contribution in [3.05, 3.63) is 47.8 Å². The number of furan rings is 1. The molecule has 4 rings (SSSR count). The summed E-state index contributed by atoms with van der Waals surface area (Å²) in [7, 11) is 0. The zero-order chi connectivity index (χ0) is 19.8. The van der Waals surface area contributed by atoms with E-state index < -0.39 is 11.8 Å². The Morgan fingerprint density at radius 3 is 2.61 bits per heavy atom. The molecule has 0 spiro atoms. The van der Waals surface area contributed by atoms with Crippen molar-refractivity contribution in [2.45, 2.75) is 20.0 Å². The van der Waals surface area contributed by atoms with E-state index in [1.807, 2.05) is 13.8 Å². The molecule has 142 valence electrons. The van der Waals surface area contributed by atoms with Gasteiger partial charge in [0.05, 0.1) is 11.7 Å². The molecule has 2 aromatic carbocycles. The molecule has 2 aromatic heterocycles. The van der Waals surface area contributed by atoms with Crippen LogP contribution in [0.15, 0.2) is 40.8 Å². The van der Waals surface area contributed by atoms with E-state index in [1.165, 1.54) is 24.3 Å². The van der Waals surface area contributed by atoms with E-state index in [2.05, 4.69) is 20.6 Å². The number of carbonyl (C=O) groups is 1. The van der Waals surface area contributed by atoms with Crippen molar-refractivity contribution < 1.29 is 23.4 Å². The molecular formula is C19H15FN4O4. The first-order valence-corrected chi connectivity index (χ1v) is 8.44. The minimum absolute atomic E-state index is 0.0325. The molecule has 2 N–H and O–H groups in total. The Bertz CT molecular complexity index is 1150. The second kappa shape index (κ2) is 6.76. The molecule has 0 bridgehead atoms. The minimum Gasteiger partial charge on any atom is -0.490 e. The van der Waals surface area contributed by atoms with Crippen LogP contribution in [-0.2, 0) is 0 Å². The molecule has 0 saturated heterocycles. The number of aromatic nitrogens is 4. The van der Waals surface area contributed by atoms with Gasteiger partial charge in [-0.25, -0.2) is 9.18 Å². The molecule has 2 heterocycles. The molecule has 0 fully saturated rings. The molecule has 0 aliphatic carbocycles. The highest BCUT2D eigenvalue weighted by atomic mass is 19.1. The number of halogens is 1. The first-order valence-electron chi connectivity index (χ1n) is 8.44. The molecule has 4 aromatic rings. The monoisotopic (exact) mass is 382 g/mol. The van der Waals surface area contributed by atoms with E-state index >= 15 is 0 Å². The quantitative estimate of drug-likeness (QED) is 0.538. The van der Waals surface area contributed by atoms with E-state index in [1.54, 1.807) is 12.1 Å². The van der Waals surface area contributed by atoms with Crippen LogP contribution in [0.2, 0.25) is 0 Å². The SMILES string of the molecule is CC(C)Oc1cc2c(C(=O)O)c(-c3ccc(F)cc3)oc2cc1-c1nn[nH]n1. The van der Waals surface area contributed by atoms with Gasteiger partial charge < -0.3 is 14.3 Å². The fraction of sp³-hybridized carbons (Fsp3) is 0.158.